The minimum absolute atomic E-state index is 0.00188. The van der Waals surface area contributed by atoms with Crippen LogP contribution in [-0.4, -0.2) is 32.8 Å². The van der Waals surface area contributed by atoms with E-state index in [1.807, 2.05) is 60.3 Å². The number of nitrogens with zero attached hydrogens (tertiary/aromatic N) is 3. The Morgan fingerprint density at radius 1 is 1.17 bits per heavy atom. The lowest BCUT2D eigenvalue weighted by Gasteiger charge is -2.36. The van der Waals surface area contributed by atoms with Gasteiger partial charge in [-0.05, 0) is 41.8 Å². The SMILES string of the molecule is CC(=O)N1CCc2ccccc2C1CC(=O)Nc1ccc(Sc2nccn2C)cc1. The molecule has 4 rings (SSSR count). The lowest BCUT2D eigenvalue weighted by atomic mass is 9.90. The number of amides is 2. The number of aryl methyl sites for hydroxylation is 1. The highest BCUT2D eigenvalue weighted by Crippen LogP contribution is 2.33. The van der Waals surface area contributed by atoms with Gasteiger partial charge >= 0.3 is 0 Å². The van der Waals surface area contributed by atoms with E-state index in [2.05, 4.69) is 16.4 Å². The van der Waals surface area contributed by atoms with Gasteiger partial charge in [0.05, 0.1) is 12.5 Å². The molecule has 0 saturated heterocycles. The zero-order valence-electron chi connectivity index (χ0n) is 17.0. The number of aromatic nitrogens is 2. The summed E-state index contributed by atoms with van der Waals surface area (Å²) in [6.45, 7) is 2.21. The van der Waals surface area contributed by atoms with Crippen LogP contribution in [0.5, 0.6) is 0 Å². The molecule has 1 aromatic heterocycles. The molecule has 0 radical (unpaired) electrons. The Morgan fingerprint density at radius 3 is 2.63 bits per heavy atom. The van der Waals surface area contributed by atoms with Gasteiger partial charge in [0.15, 0.2) is 5.16 Å². The fourth-order valence-corrected chi connectivity index (χ4v) is 4.60. The van der Waals surface area contributed by atoms with Gasteiger partial charge in [-0.2, -0.15) is 0 Å². The second kappa shape index (κ2) is 8.75. The number of hydrogen-bond acceptors (Lipinski definition) is 4. The zero-order valence-corrected chi connectivity index (χ0v) is 17.9. The first-order valence-corrected chi connectivity index (χ1v) is 10.7. The van der Waals surface area contributed by atoms with Gasteiger partial charge in [-0.25, -0.2) is 4.98 Å². The van der Waals surface area contributed by atoms with Crippen molar-refractivity contribution in [3.8, 4) is 0 Å². The standard InChI is InChI=1S/C23H24N4O2S/c1-16(28)27-13-11-17-5-3-4-6-20(17)21(27)15-22(29)25-18-7-9-19(10-8-18)30-23-24-12-14-26(23)2/h3-10,12,14,21H,11,13,15H2,1-2H3,(H,25,29). The number of rotatable bonds is 5. The van der Waals surface area contributed by atoms with Crippen molar-refractivity contribution in [3.05, 3.63) is 72.1 Å². The Kier molecular flexibility index (Phi) is 5.90. The van der Waals surface area contributed by atoms with Crippen LogP contribution < -0.4 is 5.32 Å². The molecular formula is C23H24N4O2S. The topological polar surface area (TPSA) is 67.2 Å². The maximum atomic E-state index is 12.8. The van der Waals surface area contributed by atoms with E-state index < -0.39 is 0 Å². The van der Waals surface area contributed by atoms with Crippen molar-refractivity contribution < 1.29 is 9.59 Å². The average Bonchev–Trinajstić information content (AvgIpc) is 3.14. The quantitative estimate of drug-likeness (QED) is 0.676. The van der Waals surface area contributed by atoms with Gasteiger partial charge in [-0.3, -0.25) is 9.59 Å². The molecule has 2 amide bonds. The lowest BCUT2D eigenvalue weighted by molar-refractivity contribution is -0.132. The van der Waals surface area contributed by atoms with Gasteiger partial charge in [-0.15, -0.1) is 0 Å². The fraction of sp³-hybridized carbons (Fsp3) is 0.261. The number of carbonyl (C=O) groups is 2. The molecule has 154 valence electrons. The predicted molar refractivity (Wildman–Crippen MR) is 117 cm³/mol. The van der Waals surface area contributed by atoms with Crippen LogP contribution in [0.25, 0.3) is 0 Å². The van der Waals surface area contributed by atoms with Gasteiger partial charge in [0.25, 0.3) is 0 Å². The van der Waals surface area contributed by atoms with Crippen molar-refractivity contribution in [1.29, 1.82) is 0 Å². The van der Waals surface area contributed by atoms with E-state index in [-0.39, 0.29) is 24.3 Å². The molecule has 0 bridgehead atoms. The third kappa shape index (κ3) is 4.41. The molecule has 0 fully saturated rings. The molecule has 1 atom stereocenters. The first-order valence-electron chi connectivity index (χ1n) is 9.91. The number of carbonyl (C=O) groups excluding carboxylic acids is 2. The molecule has 2 aromatic carbocycles. The van der Waals surface area contributed by atoms with Gasteiger partial charge in [0, 0.05) is 43.5 Å². The summed E-state index contributed by atoms with van der Waals surface area (Å²) in [6.07, 6.45) is 4.73. The third-order valence-electron chi connectivity index (χ3n) is 5.32. The zero-order chi connectivity index (χ0) is 21.1. The van der Waals surface area contributed by atoms with Crippen molar-refractivity contribution in [2.45, 2.75) is 35.9 Å². The van der Waals surface area contributed by atoms with Gasteiger partial charge in [0.1, 0.15) is 0 Å². The van der Waals surface area contributed by atoms with Crippen molar-refractivity contribution in [2.24, 2.45) is 7.05 Å². The van der Waals surface area contributed by atoms with E-state index in [9.17, 15) is 9.59 Å². The maximum Gasteiger partial charge on any atom is 0.226 e. The van der Waals surface area contributed by atoms with Crippen molar-refractivity contribution in [3.63, 3.8) is 0 Å². The number of imidazole rings is 1. The van der Waals surface area contributed by atoms with Crippen LogP contribution in [-0.2, 0) is 23.1 Å². The number of benzene rings is 2. The second-order valence-electron chi connectivity index (χ2n) is 7.38. The smallest absolute Gasteiger partial charge is 0.226 e. The van der Waals surface area contributed by atoms with Crippen LogP contribution in [0.15, 0.2) is 71.0 Å². The Bertz CT molecular complexity index is 1060. The summed E-state index contributed by atoms with van der Waals surface area (Å²) in [6, 6.07) is 15.5. The minimum Gasteiger partial charge on any atom is -0.335 e. The Balaban J connectivity index is 1.43. The van der Waals surface area contributed by atoms with Crippen LogP contribution in [0, 0.1) is 0 Å². The Morgan fingerprint density at radius 2 is 1.93 bits per heavy atom. The van der Waals surface area contributed by atoms with Crippen LogP contribution in [0.3, 0.4) is 0 Å². The third-order valence-corrected chi connectivity index (χ3v) is 6.40. The van der Waals surface area contributed by atoms with E-state index in [0.29, 0.717) is 6.54 Å². The number of anilines is 1. The minimum atomic E-state index is -0.231. The highest BCUT2D eigenvalue weighted by molar-refractivity contribution is 7.99. The van der Waals surface area contributed by atoms with Crippen molar-refractivity contribution >= 4 is 29.3 Å². The molecule has 6 nitrogen and oxygen atoms in total. The van der Waals surface area contributed by atoms with E-state index in [1.165, 1.54) is 5.56 Å². The molecule has 1 unspecified atom stereocenters. The molecule has 30 heavy (non-hydrogen) atoms. The van der Waals surface area contributed by atoms with Gasteiger partial charge in [0.2, 0.25) is 11.8 Å². The lowest BCUT2D eigenvalue weighted by Crippen LogP contribution is -2.40. The van der Waals surface area contributed by atoms with Crippen LogP contribution in [0.2, 0.25) is 0 Å². The molecule has 0 aliphatic carbocycles. The molecule has 1 aliphatic heterocycles. The summed E-state index contributed by atoms with van der Waals surface area (Å²) < 4.78 is 1.96. The number of nitrogens with one attached hydrogen (secondary N) is 1. The first-order chi connectivity index (χ1) is 14.5. The molecule has 2 heterocycles. The van der Waals surface area contributed by atoms with Gasteiger partial charge < -0.3 is 14.8 Å². The van der Waals surface area contributed by atoms with Gasteiger partial charge in [-0.1, -0.05) is 36.0 Å². The summed E-state index contributed by atoms with van der Waals surface area (Å²) in [5.74, 6) is -0.106. The normalized spacial score (nSPS) is 15.5. The predicted octanol–water partition coefficient (Wildman–Crippen LogP) is 4.05. The van der Waals surface area contributed by atoms with Crippen molar-refractivity contribution in [1.82, 2.24) is 14.5 Å². The van der Waals surface area contributed by atoms with Crippen LogP contribution in [0.1, 0.15) is 30.5 Å². The summed E-state index contributed by atoms with van der Waals surface area (Å²) in [5.41, 5.74) is 3.02. The van der Waals surface area contributed by atoms with E-state index in [0.717, 1.165) is 27.7 Å². The Hall–Kier alpha value is -3.06. The highest BCUT2D eigenvalue weighted by Gasteiger charge is 2.30. The first kappa shape index (κ1) is 20.2. The van der Waals surface area contributed by atoms with E-state index in [4.69, 9.17) is 0 Å². The molecular weight excluding hydrogens is 396 g/mol. The summed E-state index contributed by atoms with van der Waals surface area (Å²) in [7, 11) is 1.96. The summed E-state index contributed by atoms with van der Waals surface area (Å²) in [4.78, 5) is 32.1. The molecule has 7 heteroatoms. The molecule has 0 saturated carbocycles. The molecule has 1 aliphatic rings. The molecule has 0 spiro atoms. The van der Waals surface area contributed by atoms with Crippen LogP contribution in [0.4, 0.5) is 5.69 Å². The monoisotopic (exact) mass is 420 g/mol. The molecule has 3 aromatic rings. The largest absolute Gasteiger partial charge is 0.335 e. The van der Waals surface area contributed by atoms with E-state index in [1.54, 1.807) is 29.8 Å². The summed E-state index contributed by atoms with van der Waals surface area (Å²) >= 11 is 1.57. The Labute approximate surface area is 180 Å². The molecule has 1 N–H and O–H groups in total. The van der Waals surface area contributed by atoms with Crippen LogP contribution >= 0.6 is 11.8 Å². The van der Waals surface area contributed by atoms with E-state index >= 15 is 0 Å². The average molecular weight is 421 g/mol. The highest BCUT2D eigenvalue weighted by atomic mass is 32.2. The number of hydrogen-bond donors (Lipinski definition) is 1. The fourth-order valence-electron chi connectivity index (χ4n) is 3.80. The summed E-state index contributed by atoms with van der Waals surface area (Å²) in [5, 5.41) is 3.88. The van der Waals surface area contributed by atoms with Crippen molar-refractivity contribution in [2.75, 3.05) is 11.9 Å². The second-order valence-corrected chi connectivity index (χ2v) is 8.42. The maximum absolute atomic E-state index is 12.8. The number of fused-ring (bicyclic) bond motifs is 1.